The number of hydrogen-bond acceptors (Lipinski definition) is 0. The standard InChI is InChI=1S/C15H30/c1-4-7-9-10-11-12-14-15(6-3)13-8-5-2/h5,15H,2,4,6-14H2,1,3H3. The molecule has 0 bridgehead atoms. The topological polar surface area (TPSA) is 0 Å². The second kappa shape index (κ2) is 11.8. The first-order valence-electron chi connectivity index (χ1n) is 6.96. The van der Waals surface area contributed by atoms with Gasteiger partial charge in [-0.05, 0) is 18.8 Å². The third-order valence-corrected chi connectivity index (χ3v) is 3.32. The van der Waals surface area contributed by atoms with E-state index in [4.69, 9.17) is 0 Å². The number of unbranched alkanes of at least 4 members (excludes halogenated alkanes) is 5. The lowest BCUT2D eigenvalue weighted by atomic mass is 9.93. The monoisotopic (exact) mass is 210 g/mol. The predicted molar refractivity (Wildman–Crippen MR) is 71.2 cm³/mol. The molecule has 0 aromatic carbocycles. The lowest BCUT2D eigenvalue weighted by molar-refractivity contribution is 0.415. The van der Waals surface area contributed by atoms with E-state index in [0.717, 1.165) is 5.92 Å². The van der Waals surface area contributed by atoms with Crippen molar-refractivity contribution >= 4 is 0 Å². The minimum absolute atomic E-state index is 0.953. The van der Waals surface area contributed by atoms with Gasteiger partial charge in [0.05, 0.1) is 0 Å². The van der Waals surface area contributed by atoms with Crippen molar-refractivity contribution < 1.29 is 0 Å². The van der Waals surface area contributed by atoms with E-state index in [0.29, 0.717) is 0 Å². The van der Waals surface area contributed by atoms with Gasteiger partial charge < -0.3 is 0 Å². The van der Waals surface area contributed by atoms with Gasteiger partial charge in [0.15, 0.2) is 0 Å². The summed E-state index contributed by atoms with van der Waals surface area (Å²) in [5, 5.41) is 0. The smallest absolute Gasteiger partial charge is 0.0351 e. The average Bonchev–Trinajstić information content (AvgIpc) is 2.27. The SMILES string of the molecule is C=CCCC(CC)CCCCCCCC. The Labute approximate surface area is 97.2 Å². The van der Waals surface area contributed by atoms with Crippen LogP contribution >= 0.6 is 0 Å². The van der Waals surface area contributed by atoms with Gasteiger partial charge in [0, 0.05) is 0 Å². The molecular formula is C15H30. The minimum Gasteiger partial charge on any atom is -0.103 e. The molecule has 0 aromatic rings. The van der Waals surface area contributed by atoms with Crippen molar-refractivity contribution in [3.63, 3.8) is 0 Å². The molecule has 0 N–H and O–H groups in total. The molecule has 0 amide bonds. The minimum atomic E-state index is 0.953. The molecule has 0 aromatic heterocycles. The Morgan fingerprint density at radius 2 is 1.60 bits per heavy atom. The van der Waals surface area contributed by atoms with Crippen LogP contribution in [0.1, 0.15) is 78.1 Å². The van der Waals surface area contributed by atoms with E-state index < -0.39 is 0 Å². The van der Waals surface area contributed by atoms with Crippen molar-refractivity contribution in [2.75, 3.05) is 0 Å². The summed E-state index contributed by atoms with van der Waals surface area (Å²) in [6.07, 6.45) is 16.0. The van der Waals surface area contributed by atoms with Crippen LogP contribution < -0.4 is 0 Å². The fraction of sp³-hybridized carbons (Fsp3) is 0.867. The first kappa shape index (κ1) is 14.7. The largest absolute Gasteiger partial charge is 0.103 e. The summed E-state index contributed by atoms with van der Waals surface area (Å²) in [5.74, 6) is 0.953. The Balaban J connectivity index is 3.26. The van der Waals surface area contributed by atoms with Gasteiger partial charge in [-0.15, -0.1) is 6.58 Å². The van der Waals surface area contributed by atoms with Crippen LogP contribution in [0.2, 0.25) is 0 Å². The summed E-state index contributed by atoms with van der Waals surface area (Å²) >= 11 is 0. The first-order chi connectivity index (χ1) is 7.35. The number of rotatable bonds is 11. The Kier molecular flexibility index (Phi) is 11.6. The molecule has 0 spiro atoms. The maximum Gasteiger partial charge on any atom is -0.0351 e. The zero-order valence-electron chi connectivity index (χ0n) is 10.9. The van der Waals surface area contributed by atoms with Crippen molar-refractivity contribution in [3.05, 3.63) is 12.7 Å². The Morgan fingerprint density at radius 1 is 0.933 bits per heavy atom. The molecule has 0 aliphatic carbocycles. The fourth-order valence-corrected chi connectivity index (χ4v) is 2.12. The normalized spacial score (nSPS) is 12.7. The van der Waals surface area contributed by atoms with Crippen LogP contribution in [0.3, 0.4) is 0 Å². The van der Waals surface area contributed by atoms with Gasteiger partial charge in [-0.3, -0.25) is 0 Å². The summed E-state index contributed by atoms with van der Waals surface area (Å²) in [6, 6.07) is 0. The van der Waals surface area contributed by atoms with Gasteiger partial charge in [-0.2, -0.15) is 0 Å². The van der Waals surface area contributed by atoms with E-state index in [9.17, 15) is 0 Å². The van der Waals surface area contributed by atoms with Crippen LogP contribution in [0.15, 0.2) is 12.7 Å². The van der Waals surface area contributed by atoms with Crippen LogP contribution in [0, 0.1) is 5.92 Å². The lowest BCUT2D eigenvalue weighted by Gasteiger charge is -2.13. The molecule has 90 valence electrons. The second-order valence-electron chi connectivity index (χ2n) is 4.70. The van der Waals surface area contributed by atoms with E-state index in [1.807, 2.05) is 0 Å². The molecular weight excluding hydrogens is 180 g/mol. The molecule has 0 nitrogen and oxygen atoms in total. The zero-order chi connectivity index (χ0) is 11.4. The van der Waals surface area contributed by atoms with Crippen molar-refractivity contribution in [1.29, 1.82) is 0 Å². The highest BCUT2D eigenvalue weighted by atomic mass is 14.1. The van der Waals surface area contributed by atoms with Gasteiger partial charge in [0.2, 0.25) is 0 Å². The first-order valence-corrected chi connectivity index (χ1v) is 6.96. The highest BCUT2D eigenvalue weighted by molar-refractivity contribution is 4.69. The molecule has 0 aliphatic heterocycles. The third-order valence-electron chi connectivity index (χ3n) is 3.32. The Morgan fingerprint density at radius 3 is 2.20 bits per heavy atom. The summed E-state index contributed by atoms with van der Waals surface area (Å²) in [6.45, 7) is 8.40. The third kappa shape index (κ3) is 10.0. The van der Waals surface area contributed by atoms with E-state index in [2.05, 4.69) is 26.5 Å². The van der Waals surface area contributed by atoms with Crippen LogP contribution in [0.4, 0.5) is 0 Å². The molecule has 0 heteroatoms. The van der Waals surface area contributed by atoms with Crippen molar-refractivity contribution in [2.45, 2.75) is 78.1 Å². The zero-order valence-corrected chi connectivity index (χ0v) is 10.9. The van der Waals surface area contributed by atoms with Crippen LogP contribution in [0.25, 0.3) is 0 Å². The number of hydrogen-bond donors (Lipinski definition) is 0. The van der Waals surface area contributed by atoms with Gasteiger partial charge in [0.25, 0.3) is 0 Å². The summed E-state index contributed by atoms with van der Waals surface area (Å²) in [7, 11) is 0. The van der Waals surface area contributed by atoms with Gasteiger partial charge in [-0.25, -0.2) is 0 Å². The fourth-order valence-electron chi connectivity index (χ4n) is 2.12. The molecule has 15 heavy (non-hydrogen) atoms. The molecule has 1 unspecified atom stereocenters. The molecule has 0 aliphatic rings. The maximum absolute atomic E-state index is 3.80. The Hall–Kier alpha value is -0.260. The van der Waals surface area contributed by atoms with Crippen molar-refractivity contribution in [2.24, 2.45) is 5.92 Å². The summed E-state index contributed by atoms with van der Waals surface area (Å²) in [5.41, 5.74) is 0. The molecule has 0 saturated heterocycles. The van der Waals surface area contributed by atoms with Crippen LogP contribution in [-0.4, -0.2) is 0 Å². The van der Waals surface area contributed by atoms with E-state index in [1.165, 1.54) is 64.2 Å². The second-order valence-corrected chi connectivity index (χ2v) is 4.70. The predicted octanol–water partition coefficient (Wildman–Crippen LogP) is 5.73. The van der Waals surface area contributed by atoms with E-state index in [1.54, 1.807) is 0 Å². The molecule has 0 heterocycles. The van der Waals surface area contributed by atoms with Crippen molar-refractivity contribution in [1.82, 2.24) is 0 Å². The highest BCUT2D eigenvalue weighted by Crippen LogP contribution is 2.19. The quantitative estimate of drug-likeness (QED) is 0.302. The molecule has 1 atom stereocenters. The van der Waals surface area contributed by atoms with Gasteiger partial charge in [-0.1, -0.05) is 71.3 Å². The van der Waals surface area contributed by atoms with Crippen LogP contribution in [0.5, 0.6) is 0 Å². The van der Waals surface area contributed by atoms with E-state index in [-0.39, 0.29) is 0 Å². The highest BCUT2D eigenvalue weighted by Gasteiger charge is 2.04. The van der Waals surface area contributed by atoms with E-state index >= 15 is 0 Å². The van der Waals surface area contributed by atoms with Gasteiger partial charge in [0.1, 0.15) is 0 Å². The Bertz CT molecular complexity index is 126. The summed E-state index contributed by atoms with van der Waals surface area (Å²) in [4.78, 5) is 0. The van der Waals surface area contributed by atoms with Crippen molar-refractivity contribution in [3.8, 4) is 0 Å². The van der Waals surface area contributed by atoms with Crippen LogP contribution in [-0.2, 0) is 0 Å². The average molecular weight is 210 g/mol. The lowest BCUT2D eigenvalue weighted by Crippen LogP contribution is -1.98. The number of allylic oxidation sites excluding steroid dienone is 1. The molecule has 0 fully saturated rings. The molecule has 0 radical (unpaired) electrons. The molecule has 0 saturated carbocycles. The molecule has 0 rings (SSSR count). The maximum atomic E-state index is 3.80. The summed E-state index contributed by atoms with van der Waals surface area (Å²) < 4.78 is 0. The van der Waals surface area contributed by atoms with Gasteiger partial charge >= 0.3 is 0 Å².